The Morgan fingerprint density at radius 3 is 2.62 bits per heavy atom. The number of hydrogen-bond acceptors (Lipinski definition) is 2. The second-order valence-corrected chi connectivity index (χ2v) is 7.73. The van der Waals surface area contributed by atoms with Gasteiger partial charge in [0.2, 0.25) is 5.91 Å². The molecule has 5 heteroatoms. The van der Waals surface area contributed by atoms with Crippen molar-refractivity contribution in [2.24, 2.45) is 0 Å². The fourth-order valence-electron chi connectivity index (χ4n) is 3.51. The molecule has 0 spiro atoms. The Morgan fingerprint density at radius 2 is 2.00 bits per heavy atom. The van der Waals surface area contributed by atoms with Gasteiger partial charge in [0, 0.05) is 23.7 Å². The molecule has 26 heavy (non-hydrogen) atoms. The van der Waals surface area contributed by atoms with Crippen LogP contribution >= 0.6 is 11.6 Å². The van der Waals surface area contributed by atoms with Crippen LogP contribution in [0.25, 0.3) is 0 Å². The summed E-state index contributed by atoms with van der Waals surface area (Å²) in [5, 5.41) is 3.69. The lowest BCUT2D eigenvalue weighted by Gasteiger charge is -2.40. The number of nitrogens with zero attached hydrogens (tertiary/aromatic N) is 1. The monoisotopic (exact) mass is 374 g/mol. The molecule has 2 aromatic rings. The van der Waals surface area contributed by atoms with E-state index in [4.69, 9.17) is 11.6 Å². The Kier molecular flexibility index (Phi) is 5.64. The zero-order valence-corrected chi connectivity index (χ0v) is 15.9. The summed E-state index contributed by atoms with van der Waals surface area (Å²) in [6.45, 7) is 0.919. The number of benzene rings is 2. The fraction of sp³-hybridized carbons (Fsp3) is 0.381. The quantitative estimate of drug-likeness (QED) is 0.818. The van der Waals surface area contributed by atoms with E-state index in [1.54, 1.807) is 6.07 Å². The van der Waals surface area contributed by atoms with Gasteiger partial charge in [0.05, 0.1) is 5.41 Å². The predicted molar refractivity (Wildman–Crippen MR) is 103 cm³/mol. The largest absolute Gasteiger partial charge is 0.351 e. The van der Waals surface area contributed by atoms with Gasteiger partial charge in [0.25, 0.3) is 0 Å². The molecule has 1 fully saturated rings. The molecular weight excluding hydrogens is 351 g/mol. The lowest BCUT2D eigenvalue weighted by Crippen LogP contribution is -2.49. The number of hydrogen-bond donors (Lipinski definition) is 1. The zero-order valence-electron chi connectivity index (χ0n) is 15.2. The Balaban J connectivity index is 1.72. The number of rotatable bonds is 6. The third kappa shape index (κ3) is 3.92. The smallest absolute Gasteiger partial charge is 0.230 e. The molecule has 1 aliphatic carbocycles. The summed E-state index contributed by atoms with van der Waals surface area (Å²) in [4.78, 5) is 14.8. The van der Waals surface area contributed by atoms with Crippen LogP contribution in [0.4, 0.5) is 4.39 Å². The van der Waals surface area contributed by atoms with Crippen molar-refractivity contribution in [2.45, 2.75) is 37.8 Å². The highest BCUT2D eigenvalue weighted by Crippen LogP contribution is 2.44. The van der Waals surface area contributed by atoms with Crippen molar-refractivity contribution < 1.29 is 9.18 Å². The maximum Gasteiger partial charge on any atom is 0.230 e. The third-order valence-electron chi connectivity index (χ3n) is 5.07. The van der Waals surface area contributed by atoms with Crippen molar-refractivity contribution in [1.82, 2.24) is 10.2 Å². The van der Waals surface area contributed by atoms with Crippen LogP contribution in [0.2, 0.25) is 5.02 Å². The molecule has 1 N–H and O–H groups in total. The Labute approximate surface area is 159 Å². The van der Waals surface area contributed by atoms with Crippen LogP contribution in [0.1, 0.15) is 36.0 Å². The van der Waals surface area contributed by atoms with Crippen molar-refractivity contribution in [2.75, 3.05) is 14.1 Å². The Bertz CT molecular complexity index is 802. The van der Waals surface area contributed by atoms with Gasteiger partial charge < -0.3 is 10.2 Å². The third-order valence-corrected chi connectivity index (χ3v) is 5.30. The minimum absolute atomic E-state index is 0.0181. The molecule has 0 unspecified atom stereocenters. The van der Waals surface area contributed by atoms with Gasteiger partial charge in [-0.05, 0) is 62.3 Å². The van der Waals surface area contributed by atoms with Crippen molar-refractivity contribution >= 4 is 17.5 Å². The molecule has 1 aliphatic rings. The number of nitrogens with one attached hydrogen (secondary N) is 1. The standard InChI is InChI=1S/C21H24ClFN2O/c1-25(2)14-16-11-15(7-8-19(16)23)13-24-20(26)21(9-4-10-21)17-5-3-6-18(22)12-17/h3,5-8,11-12H,4,9-10,13-14H2,1-2H3,(H,24,26). The van der Waals surface area contributed by atoms with Crippen LogP contribution in [0, 0.1) is 5.82 Å². The molecule has 0 atom stereocenters. The summed E-state index contributed by atoms with van der Waals surface area (Å²) in [6, 6.07) is 12.6. The SMILES string of the molecule is CN(C)Cc1cc(CNC(=O)C2(c3cccc(Cl)c3)CCC2)ccc1F. The Hall–Kier alpha value is -1.91. The highest BCUT2D eigenvalue weighted by Gasteiger charge is 2.45. The van der Waals surface area contributed by atoms with E-state index in [1.165, 1.54) is 6.07 Å². The first-order valence-electron chi connectivity index (χ1n) is 8.87. The van der Waals surface area contributed by atoms with E-state index in [9.17, 15) is 9.18 Å². The first-order chi connectivity index (χ1) is 12.4. The second kappa shape index (κ2) is 7.77. The molecule has 0 aromatic heterocycles. The van der Waals surface area contributed by atoms with Gasteiger partial charge in [-0.15, -0.1) is 0 Å². The summed E-state index contributed by atoms with van der Waals surface area (Å²) >= 11 is 6.11. The van der Waals surface area contributed by atoms with Crippen molar-refractivity contribution in [3.63, 3.8) is 0 Å². The average molecular weight is 375 g/mol. The number of amides is 1. The first-order valence-corrected chi connectivity index (χ1v) is 9.25. The van der Waals surface area contributed by atoms with E-state index in [2.05, 4.69) is 5.32 Å². The molecule has 2 aromatic carbocycles. The summed E-state index contributed by atoms with van der Waals surface area (Å²) in [5.41, 5.74) is 2.02. The minimum Gasteiger partial charge on any atom is -0.351 e. The van der Waals surface area contributed by atoms with Gasteiger partial charge >= 0.3 is 0 Å². The average Bonchev–Trinajstić information content (AvgIpc) is 2.54. The molecule has 3 nitrogen and oxygen atoms in total. The topological polar surface area (TPSA) is 32.3 Å². The van der Waals surface area contributed by atoms with Crippen LogP contribution < -0.4 is 5.32 Å². The normalized spacial score (nSPS) is 15.6. The summed E-state index contributed by atoms with van der Waals surface area (Å²) in [5.74, 6) is -0.201. The Morgan fingerprint density at radius 1 is 1.23 bits per heavy atom. The highest BCUT2D eigenvalue weighted by molar-refractivity contribution is 6.30. The van der Waals surface area contributed by atoms with E-state index in [0.717, 1.165) is 30.4 Å². The van der Waals surface area contributed by atoms with Gasteiger partial charge in [0.15, 0.2) is 0 Å². The first kappa shape index (κ1) is 18.9. The molecule has 0 heterocycles. The van der Waals surface area contributed by atoms with Crippen molar-refractivity contribution in [3.05, 3.63) is 70.0 Å². The van der Waals surface area contributed by atoms with E-state index >= 15 is 0 Å². The van der Waals surface area contributed by atoms with Gasteiger partial charge in [0.1, 0.15) is 5.82 Å². The molecule has 0 radical (unpaired) electrons. The van der Waals surface area contributed by atoms with Crippen LogP contribution in [0.5, 0.6) is 0 Å². The van der Waals surface area contributed by atoms with Gasteiger partial charge in [-0.2, -0.15) is 0 Å². The van der Waals surface area contributed by atoms with E-state index in [-0.39, 0.29) is 11.7 Å². The van der Waals surface area contributed by atoms with E-state index in [0.29, 0.717) is 23.7 Å². The number of carbonyl (C=O) groups is 1. The molecule has 0 bridgehead atoms. The minimum atomic E-state index is -0.489. The number of carbonyl (C=O) groups excluding carboxylic acids is 1. The molecule has 0 aliphatic heterocycles. The summed E-state index contributed by atoms with van der Waals surface area (Å²) in [7, 11) is 3.80. The van der Waals surface area contributed by atoms with Crippen LogP contribution in [0.15, 0.2) is 42.5 Å². The molecule has 138 valence electrons. The van der Waals surface area contributed by atoms with Gasteiger partial charge in [-0.3, -0.25) is 4.79 Å². The zero-order chi connectivity index (χ0) is 18.7. The second-order valence-electron chi connectivity index (χ2n) is 7.29. The highest BCUT2D eigenvalue weighted by atomic mass is 35.5. The number of halogens is 2. The van der Waals surface area contributed by atoms with Gasteiger partial charge in [-0.25, -0.2) is 4.39 Å². The maximum atomic E-state index is 13.9. The van der Waals surface area contributed by atoms with Gasteiger partial charge in [-0.1, -0.05) is 36.2 Å². The van der Waals surface area contributed by atoms with E-state index in [1.807, 2.05) is 49.3 Å². The van der Waals surface area contributed by atoms with Crippen molar-refractivity contribution in [3.8, 4) is 0 Å². The molecule has 1 amide bonds. The lowest BCUT2D eigenvalue weighted by atomic mass is 9.64. The lowest BCUT2D eigenvalue weighted by molar-refractivity contribution is -0.130. The fourth-order valence-corrected chi connectivity index (χ4v) is 3.71. The van der Waals surface area contributed by atoms with Crippen LogP contribution in [0.3, 0.4) is 0 Å². The van der Waals surface area contributed by atoms with Crippen LogP contribution in [-0.4, -0.2) is 24.9 Å². The van der Waals surface area contributed by atoms with Crippen molar-refractivity contribution in [1.29, 1.82) is 0 Å². The van der Waals surface area contributed by atoms with E-state index < -0.39 is 5.41 Å². The molecule has 1 saturated carbocycles. The predicted octanol–water partition coefficient (Wildman–Crippen LogP) is 4.28. The molecule has 0 saturated heterocycles. The summed E-state index contributed by atoms with van der Waals surface area (Å²) < 4.78 is 13.9. The maximum absolute atomic E-state index is 13.9. The molecular formula is C21H24ClFN2O. The van der Waals surface area contributed by atoms with Crippen LogP contribution in [-0.2, 0) is 23.3 Å². The molecule has 3 rings (SSSR count). The summed E-state index contributed by atoms with van der Waals surface area (Å²) in [6.07, 6.45) is 2.69.